The van der Waals surface area contributed by atoms with Crippen molar-refractivity contribution in [2.24, 2.45) is 0 Å². The summed E-state index contributed by atoms with van der Waals surface area (Å²) in [7, 11) is 6.31. The highest BCUT2D eigenvalue weighted by Gasteiger charge is 2.36. The molecule has 2 saturated heterocycles. The molecule has 0 amide bonds. The number of rotatable bonds is 5. The zero-order valence-electron chi connectivity index (χ0n) is 13.7. The fourth-order valence-electron chi connectivity index (χ4n) is 3.59. The largest absolute Gasteiger partial charge is 0.383 e. The first-order valence-electron chi connectivity index (χ1n) is 7.99. The van der Waals surface area contributed by atoms with Gasteiger partial charge >= 0.3 is 0 Å². The number of likely N-dealkylation sites (N-methyl/N-ethyl adjacent to an activating group) is 3. The second-order valence-electron chi connectivity index (χ2n) is 6.32. The summed E-state index contributed by atoms with van der Waals surface area (Å²) in [4.78, 5) is 10.3. The van der Waals surface area contributed by atoms with Crippen molar-refractivity contribution in [2.75, 3.05) is 80.2 Å². The summed E-state index contributed by atoms with van der Waals surface area (Å²) in [5.74, 6) is 0. The maximum atomic E-state index is 5.30. The van der Waals surface area contributed by atoms with Crippen LogP contribution in [-0.2, 0) is 4.74 Å². The van der Waals surface area contributed by atoms with Crippen LogP contribution in [0.5, 0.6) is 0 Å². The van der Waals surface area contributed by atoms with Gasteiger partial charge < -0.3 is 14.5 Å². The van der Waals surface area contributed by atoms with E-state index in [2.05, 4.69) is 40.6 Å². The molecule has 0 radical (unpaired) electrons. The first-order valence-corrected chi connectivity index (χ1v) is 7.99. The molecule has 2 aliphatic heterocycles. The van der Waals surface area contributed by atoms with Crippen molar-refractivity contribution in [1.82, 2.24) is 19.6 Å². The van der Waals surface area contributed by atoms with Crippen LogP contribution in [0.2, 0.25) is 0 Å². The molecule has 0 spiro atoms. The van der Waals surface area contributed by atoms with Crippen LogP contribution in [0.25, 0.3) is 0 Å². The average molecular weight is 284 g/mol. The zero-order chi connectivity index (χ0) is 14.5. The van der Waals surface area contributed by atoms with Gasteiger partial charge in [-0.15, -0.1) is 0 Å². The minimum Gasteiger partial charge on any atom is -0.383 e. The fraction of sp³-hybridized carbons (Fsp3) is 1.00. The van der Waals surface area contributed by atoms with Crippen molar-refractivity contribution >= 4 is 0 Å². The van der Waals surface area contributed by atoms with E-state index in [1.807, 2.05) is 0 Å². The van der Waals surface area contributed by atoms with Crippen molar-refractivity contribution in [3.63, 3.8) is 0 Å². The molecule has 2 heterocycles. The van der Waals surface area contributed by atoms with Crippen LogP contribution in [0.4, 0.5) is 0 Å². The second kappa shape index (κ2) is 7.71. The number of methoxy groups -OCH3 is 1. The van der Waals surface area contributed by atoms with Crippen LogP contribution in [0.15, 0.2) is 0 Å². The van der Waals surface area contributed by atoms with E-state index >= 15 is 0 Å². The van der Waals surface area contributed by atoms with Crippen molar-refractivity contribution < 1.29 is 4.74 Å². The van der Waals surface area contributed by atoms with Crippen LogP contribution in [-0.4, -0.2) is 112 Å². The molecule has 118 valence electrons. The molecule has 0 aliphatic carbocycles. The van der Waals surface area contributed by atoms with Gasteiger partial charge in [0.15, 0.2) is 0 Å². The third kappa shape index (κ3) is 3.92. The zero-order valence-corrected chi connectivity index (χ0v) is 13.7. The van der Waals surface area contributed by atoms with E-state index in [1.165, 1.54) is 39.3 Å². The van der Waals surface area contributed by atoms with E-state index in [0.29, 0.717) is 12.1 Å². The van der Waals surface area contributed by atoms with Gasteiger partial charge in [0.25, 0.3) is 0 Å². The molecule has 5 nitrogen and oxygen atoms in total. The Balaban J connectivity index is 2.06. The van der Waals surface area contributed by atoms with Gasteiger partial charge in [0.05, 0.1) is 6.61 Å². The predicted octanol–water partition coefficient (Wildman–Crippen LogP) is -0.115. The maximum Gasteiger partial charge on any atom is 0.0589 e. The van der Waals surface area contributed by atoms with Crippen molar-refractivity contribution in [1.29, 1.82) is 0 Å². The van der Waals surface area contributed by atoms with Gasteiger partial charge in [-0.2, -0.15) is 0 Å². The summed E-state index contributed by atoms with van der Waals surface area (Å²) in [5.41, 5.74) is 0. The van der Waals surface area contributed by atoms with Gasteiger partial charge in [0, 0.05) is 65.0 Å². The molecule has 5 heteroatoms. The van der Waals surface area contributed by atoms with Crippen molar-refractivity contribution in [2.45, 2.75) is 19.0 Å². The summed E-state index contributed by atoms with van der Waals surface area (Å²) in [6.07, 6.45) is 0. The van der Waals surface area contributed by atoms with Gasteiger partial charge in [-0.1, -0.05) is 6.92 Å². The molecule has 2 fully saturated rings. The summed E-state index contributed by atoms with van der Waals surface area (Å²) >= 11 is 0. The van der Waals surface area contributed by atoms with E-state index in [9.17, 15) is 0 Å². The third-order valence-corrected chi connectivity index (χ3v) is 4.91. The normalized spacial score (nSPS) is 31.8. The molecule has 2 atom stereocenters. The molecule has 0 saturated carbocycles. The number of hydrogen-bond donors (Lipinski definition) is 0. The Kier molecular flexibility index (Phi) is 6.23. The minimum absolute atomic E-state index is 0.631. The first kappa shape index (κ1) is 16.2. The van der Waals surface area contributed by atoms with Crippen LogP contribution >= 0.6 is 0 Å². The lowest BCUT2D eigenvalue weighted by molar-refractivity contribution is -0.0167. The summed E-state index contributed by atoms with van der Waals surface area (Å²) in [6.45, 7) is 12.5. The molecule has 0 aromatic rings. The van der Waals surface area contributed by atoms with Crippen molar-refractivity contribution in [3.05, 3.63) is 0 Å². The molecule has 0 N–H and O–H groups in total. The molecule has 0 bridgehead atoms. The third-order valence-electron chi connectivity index (χ3n) is 4.91. The van der Waals surface area contributed by atoms with E-state index in [1.54, 1.807) is 7.11 Å². The minimum atomic E-state index is 0.631. The Morgan fingerprint density at radius 2 is 1.45 bits per heavy atom. The predicted molar refractivity (Wildman–Crippen MR) is 83.3 cm³/mol. The lowest BCUT2D eigenvalue weighted by atomic mass is 9.99. The van der Waals surface area contributed by atoms with Crippen LogP contribution in [0, 0.1) is 0 Å². The SMILES string of the molecule is CCN1CCN(C)CC1C1CN(C)CCN1CCOC. The van der Waals surface area contributed by atoms with Crippen LogP contribution in [0.3, 0.4) is 0 Å². The molecular formula is C15H32N4O. The second-order valence-corrected chi connectivity index (χ2v) is 6.32. The molecule has 2 aliphatic rings. The smallest absolute Gasteiger partial charge is 0.0589 e. The summed E-state index contributed by atoms with van der Waals surface area (Å²) in [6, 6.07) is 1.28. The number of ether oxygens (including phenoxy) is 1. The molecule has 0 aromatic heterocycles. The number of piperazine rings is 2. The van der Waals surface area contributed by atoms with Crippen molar-refractivity contribution in [3.8, 4) is 0 Å². The lowest BCUT2D eigenvalue weighted by Gasteiger charge is -2.50. The quantitative estimate of drug-likeness (QED) is 0.700. The Hall–Kier alpha value is -0.200. The van der Waals surface area contributed by atoms with E-state index in [0.717, 1.165) is 19.7 Å². The van der Waals surface area contributed by atoms with E-state index in [4.69, 9.17) is 4.74 Å². The summed E-state index contributed by atoms with van der Waals surface area (Å²) in [5, 5.41) is 0. The van der Waals surface area contributed by atoms with Gasteiger partial charge in [0.1, 0.15) is 0 Å². The highest BCUT2D eigenvalue weighted by atomic mass is 16.5. The van der Waals surface area contributed by atoms with Crippen LogP contribution in [0.1, 0.15) is 6.92 Å². The maximum absolute atomic E-state index is 5.30. The number of nitrogens with zero attached hydrogens (tertiary/aromatic N) is 4. The Morgan fingerprint density at radius 3 is 2.00 bits per heavy atom. The number of hydrogen-bond acceptors (Lipinski definition) is 5. The molecule has 0 aromatic carbocycles. The standard InChI is InChI=1S/C15H32N4O/c1-5-18-8-6-16(2)12-14(18)15-13-17(3)7-9-19(15)10-11-20-4/h14-15H,5-13H2,1-4H3. The van der Waals surface area contributed by atoms with Gasteiger partial charge in [-0.25, -0.2) is 0 Å². The molecule has 20 heavy (non-hydrogen) atoms. The molecular weight excluding hydrogens is 252 g/mol. The monoisotopic (exact) mass is 284 g/mol. The Morgan fingerprint density at radius 1 is 0.900 bits per heavy atom. The fourth-order valence-corrected chi connectivity index (χ4v) is 3.59. The Bertz CT molecular complexity index is 287. The topological polar surface area (TPSA) is 22.2 Å². The van der Waals surface area contributed by atoms with Gasteiger partial charge in [-0.3, -0.25) is 9.80 Å². The van der Waals surface area contributed by atoms with Crippen LogP contribution < -0.4 is 0 Å². The average Bonchev–Trinajstić information content (AvgIpc) is 2.46. The van der Waals surface area contributed by atoms with Gasteiger partial charge in [0.2, 0.25) is 0 Å². The highest BCUT2D eigenvalue weighted by Crippen LogP contribution is 2.20. The first-order chi connectivity index (χ1) is 9.65. The molecule has 2 unspecified atom stereocenters. The van der Waals surface area contributed by atoms with E-state index < -0.39 is 0 Å². The van der Waals surface area contributed by atoms with Gasteiger partial charge in [-0.05, 0) is 20.6 Å². The highest BCUT2D eigenvalue weighted by molar-refractivity contribution is 4.95. The Labute approximate surface area is 124 Å². The summed E-state index contributed by atoms with van der Waals surface area (Å²) < 4.78 is 5.30. The molecule has 2 rings (SSSR count). The lowest BCUT2D eigenvalue weighted by Crippen LogP contribution is -2.66. The van der Waals surface area contributed by atoms with E-state index in [-0.39, 0.29) is 0 Å².